The number of nitrogens with one attached hydrogen (secondary N) is 1. The van der Waals surface area contributed by atoms with Crippen LogP contribution in [0.5, 0.6) is 0 Å². The van der Waals surface area contributed by atoms with Gasteiger partial charge in [0.2, 0.25) is 0 Å². The Morgan fingerprint density at radius 3 is 2.38 bits per heavy atom. The second kappa shape index (κ2) is 5.38. The van der Waals surface area contributed by atoms with Gasteiger partial charge in [-0.25, -0.2) is 0 Å². The van der Waals surface area contributed by atoms with Gasteiger partial charge < -0.3 is 5.32 Å². The van der Waals surface area contributed by atoms with Crippen LogP contribution < -0.4 is 5.32 Å². The van der Waals surface area contributed by atoms with E-state index in [0.717, 1.165) is 38.6 Å². The fourth-order valence-corrected chi connectivity index (χ4v) is 2.64. The summed E-state index contributed by atoms with van der Waals surface area (Å²) in [5.74, 6) is 0. The van der Waals surface area contributed by atoms with Crippen molar-refractivity contribution in [2.24, 2.45) is 0 Å². The Balaban J connectivity index is 2.12. The van der Waals surface area contributed by atoms with Crippen LogP contribution in [0.1, 0.15) is 16.8 Å². The number of hydrogen-bond acceptors (Lipinski definition) is 2. The number of aromatic nitrogens is 1. The van der Waals surface area contributed by atoms with Crippen LogP contribution in [-0.4, -0.2) is 4.98 Å². The Labute approximate surface area is 129 Å². The van der Waals surface area contributed by atoms with E-state index >= 15 is 0 Å². The van der Waals surface area contributed by atoms with Crippen molar-refractivity contribution in [3.8, 4) is 0 Å². The third-order valence-electron chi connectivity index (χ3n) is 3.75. The molecule has 0 saturated heterocycles. The number of pyridine rings is 1. The monoisotopic (exact) mass is 296 g/mol. The van der Waals surface area contributed by atoms with Crippen molar-refractivity contribution in [2.45, 2.75) is 20.8 Å². The summed E-state index contributed by atoms with van der Waals surface area (Å²) in [6, 6.07) is 14.3. The minimum absolute atomic E-state index is 0.782. The van der Waals surface area contributed by atoms with Gasteiger partial charge in [0.25, 0.3) is 0 Å². The number of fused-ring (bicyclic) bond motifs is 1. The molecule has 3 rings (SSSR count). The molecule has 106 valence electrons. The van der Waals surface area contributed by atoms with Crippen molar-refractivity contribution in [3.05, 3.63) is 64.3 Å². The van der Waals surface area contributed by atoms with Gasteiger partial charge >= 0.3 is 0 Å². The van der Waals surface area contributed by atoms with Crippen molar-refractivity contribution < 1.29 is 0 Å². The van der Waals surface area contributed by atoms with Gasteiger partial charge in [-0.1, -0.05) is 41.4 Å². The number of benzene rings is 2. The number of rotatable bonds is 2. The average Bonchev–Trinajstić information content (AvgIpc) is 2.48. The molecular weight excluding hydrogens is 280 g/mol. The van der Waals surface area contributed by atoms with E-state index in [0.29, 0.717) is 0 Å². The first kappa shape index (κ1) is 13.9. The zero-order valence-electron chi connectivity index (χ0n) is 12.4. The standard InChI is InChI=1S/C18H17ClN2/c1-11-7-9-14(10-8-11)21-16-6-4-5-15-17(19)12(2)13(3)20-18(15)16/h4-10,21H,1-3H3. The Kier molecular flexibility index (Phi) is 3.56. The number of nitrogens with zero attached hydrogens (tertiary/aromatic N) is 1. The number of hydrogen-bond donors (Lipinski definition) is 1. The van der Waals surface area contributed by atoms with Gasteiger partial charge in [-0.15, -0.1) is 0 Å². The lowest BCUT2D eigenvalue weighted by Gasteiger charge is -2.12. The van der Waals surface area contributed by atoms with Gasteiger partial charge in [-0.2, -0.15) is 0 Å². The van der Waals surface area contributed by atoms with Crippen molar-refractivity contribution >= 4 is 33.9 Å². The molecule has 2 aromatic carbocycles. The van der Waals surface area contributed by atoms with Crippen LogP contribution in [0.3, 0.4) is 0 Å². The maximum absolute atomic E-state index is 6.46. The summed E-state index contributed by atoms with van der Waals surface area (Å²) in [6.07, 6.45) is 0. The molecule has 0 radical (unpaired) electrons. The second-order valence-corrected chi connectivity index (χ2v) is 5.71. The van der Waals surface area contributed by atoms with E-state index in [9.17, 15) is 0 Å². The van der Waals surface area contributed by atoms with Gasteiger partial charge in [0.15, 0.2) is 0 Å². The minimum atomic E-state index is 0.782. The van der Waals surface area contributed by atoms with Crippen LogP contribution in [0.25, 0.3) is 10.9 Å². The first-order valence-electron chi connectivity index (χ1n) is 6.95. The molecule has 0 aliphatic rings. The largest absolute Gasteiger partial charge is 0.354 e. The lowest BCUT2D eigenvalue weighted by Crippen LogP contribution is -1.96. The minimum Gasteiger partial charge on any atom is -0.354 e. The summed E-state index contributed by atoms with van der Waals surface area (Å²) in [5, 5.41) is 5.19. The van der Waals surface area contributed by atoms with E-state index < -0.39 is 0 Å². The van der Waals surface area contributed by atoms with E-state index in [1.54, 1.807) is 0 Å². The number of halogens is 1. The van der Waals surface area contributed by atoms with Gasteiger partial charge in [0.05, 0.1) is 16.2 Å². The first-order valence-corrected chi connectivity index (χ1v) is 7.33. The third-order valence-corrected chi connectivity index (χ3v) is 4.24. The molecule has 1 N–H and O–H groups in total. The molecule has 0 spiro atoms. The van der Waals surface area contributed by atoms with E-state index in [1.807, 2.05) is 32.0 Å². The Bertz CT molecular complexity index is 808. The summed E-state index contributed by atoms with van der Waals surface area (Å²) >= 11 is 6.46. The van der Waals surface area contributed by atoms with Crippen LogP contribution in [0.2, 0.25) is 5.02 Å². The van der Waals surface area contributed by atoms with E-state index in [1.165, 1.54) is 5.56 Å². The molecule has 0 atom stereocenters. The fraction of sp³-hybridized carbons (Fsp3) is 0.167. The van der Waals surface area contributed by atoms with Gasteiger partial charge in [-0.05, 0) is 44.5 Å². The topological polar surface area (TPSA) is 24.9 Å². The molecule has 0 saturated carbocycles. The van der Waals surface area contributed by atoms with Crippen LogP contribution in [0.4, 0.5) is 11.4 Å². The zero-order chi connectivity index (χ0) is 15.0. The average molecular weight is 297 g/mol. The van der Waals surface area contributed by atoms with Crippen molar-refractivity contribution in [1.29, 1.82) is 0 Å². The molecule has 0 unspecified atom stereocenters. The number of para-hydroxylation sites is 1. The zero-order valence-corrected chi connectivity index (χ0v) is 13.1. The molecule has 3 heteroatoms. The van der Waals surface area contributed by atoms with Gasteiger partial charge in [-0.3, -0.25) is 4.98 Å². The van der Waals surface area contributed by atoms with E-state index in [4.69, 9.17) is 16.6 Å². The molecule has 0 aliphatic carbocycles. The van der Waals surface area contributed by atoms with E-state index in [-0.39, 0.29) is 0 Å². The lowest BCUT2D eigenvalue weighted by atomic mass is 10.1. The SMILES string of the molecule is Cc1ccc(Nc2cccc3c(Cl)c(C)c(C)nc23)cc1. The highest BCUT2D eigenvalue weighted by Gasteiger charge is 2.10. The molecule has 0 amide bonds. The summed E-state index contributed by atoms with van der Waals surface area (Å²) < 4.78 is 0. The summed E-state index contributed by atoms with van der Waals surface area (Å²) in [5.41, 5.74) is 6.17. The Morgan fingerprint density at radius 2 is 1.67 bits per heavy atom. The highest BCUT2D eigenvalue weighted by atomic mass is 35.5. The van der Waals surface area contributed by atoms with Gasteiger partial charge in [0, 0.05) is 16.8 Å². The number of anilines is 2. The predicted octanol–water partition coefficient (Wildman–Crippen LogP) is 5.56. The van der Waals surface area contributed by atoms with Crippen molar-refractivity contribution in [1.82, 2.24) is 4.98 Å². The molecule has 1 aromatic heterocycles. The molecule has 0 fully saturated rings. The van der Waals surface area contributed by atoms with Crippen LogP contribution >= 0.6 is 11.6 Å². The molecular formula is C18H17ClN2. The summed E-state index contributed by atoms with van der Waals surface area (Å²) in [6.45, 7) is 6.07. The molecule has 1 heterocycles. The first-order chi connectivity index (χ1) is 10.1. The Morgan fingerprint density at radius 1 is 0.952 bits per heavy atom. The highest BCUT2D eigenvalue weighted by molar-refractivity contribution is 6.36. The van der Waals surface area contributed by atoms with Crippen LogP contribution in [0.15, 0.2) is 42.5 Å². The maximum atomic E-state index is 6.46. The predicted molar refractivity (Wildman–Crippen MR) is 90.7 cm³/mol. The van der Waals surface area contributed by atoms with Crippen LogP contribution in [0, 0.1) is 20.8 Å². The molecule has 0 aliphatic heterocycles. The highest BCUT2D eigenvalue weighted by Crippen LogP contribution is 2.32. The molecule has 0 bridgehead atoms. The van der Waals surface area contributed by atoms with E-state index in [2.05, 4.69) is 36.5 Å². The smallest absolute Gasteiger partial charge is 0.0955 e. The molecule has 3 aromatic rings. The van der Waals surface area contributed by atoms with Gasteiger partial charge in [0.1, 0.15) is 0 Å². The third kappa shape index (κ3) is 2.59. The maximum Gasteiger partial charge on any atom is 0.0955 e. The Hall–Kier alpha value is -2.06. The quantitative estimate of drug-likeness (QED) is 0.670. The summed E-state index contributed by atoms with van der Waals surface area (Å²) in [7, 11) is 0. The summed E-state index contributed by atoms with van der Waals surface area (Å²) in [4.78, 5) is 4.70. The number of aryl methyl sites for hydroxylation is 2. The van der Waals surface area contributed by atoms with Crippen molar-refractivity contribution in [2.75, 3.05) is 5.32 Å². The lowest BCUT2D eigenvalue weighted by molar-refractivity contribution is 1.20. The molecule has 2 nitrogen and oxygen atoms in total. The molecule has 21 heavy (non-hydrogen) atoms. The van der Waals surface area contributed by atoms with Crippen LogP contribution in [-0.2, 0) is 0 Å². The fourth-order valence-electron chi connectivity index (χ4n) is 2.35. The van der Waals surface area contributed by atoms with Crippen molar-refractivity contribution in [3.63, 3.8) is 0 Å². The second-order valence-electron chi connectivity index (χ2n) is 5.33. The normalized spacial score (nSPS) is 10.9.